The Morgan fingerprint density at radius 2 is 1.67 bits per heavy atom. The highest BCUT2D eigenvalue weighted by Crippen LogP contribution is 2.36. The van der Waals surface area contributed by atoms with E-state index in [1.807, 2.05) is 0 Å². The van der Waals surface area contributed by atoms with Crippen molar-refractivity contribution in [2.24, 2.45) is 0 Å². The van der Waals surface area contributed by atoms with Crippen LogP contribution in [0.1, 0.15) is 48.0 Å². The molecular weight excluding hydrogens is 366 g/mol. The lowest BCUT2D eigenvalue weighted by atomic mass is 10.1. The Labute approximate surface area is 163 Å². The predicted octanol–water partition coefficient (Wildman–Crippen LogP) is 3.59. The lowest BCUT2D eigenvalue weighted by Crippen LogP contribution is -2.48. The summed E-state index contributed by atoms with van der Waals surface area (Å²) < 4.78 is 16.1. The Kier molecular flexibility index (Phi) is 9.41. The van der Waals surface area contributed by atoms with Crippen molar-refractivity contribution in [3.8, 4) is 0 Å². The zero-order valence-electron chi connectivity index (χ0n) is 17.9. The number of alkyl carbamates (subject to hydrolysis) is 1. The summed E-state index contributed by atoms with van der Waals surface area (Å²) in [7, 11) is -2.10. The number of hydrogen-bond acceptors (Lipinski definition) is 6. The Hall–Kier alpha value is -1.67. The van der Waals surface area contributed by atoms with Gasteiger partial charge in [0.15, 0.2) is 8.32 Å². The van der Waals surface area contributed by atoms with Gasteiger partial charge in [-0.2, -0.15) is 0 Å². The molecule has 0 saturated carbocycles. The number of nitrogens with one attached hydrogen (secondary N) is 1. The van der Waals surface area contributed by atoms with E-state index in [1.54, 1.807) is 20.8 Å². The van der Waals surface area contributed by atoms with E-state index in [0.717, 1.165) is 0 Å². The summed E-state index contributed by atoms with van der Waals surface area (Å²) in [6, 6.07) is -0.697. The number of carbonyl (C=O) groups is 3. The maximum atomic E-state index is 12.1. The highest BCUT2D eigenvalue weighted by molar-refractivity contribution is 6.74. The smallest absolute Gasteiger partial charge is 0.407 e. The molecule has 0 aromatic rings. The number of rotatable bonds is 9. The summed E-state index contributed by atoms with van der Waals surface area (Å²) in [5, 5.41) is 2.60. The lowest BCUT2D eigenvalue weighted by molar-refractivity contribution is -0.153. The SMILES string of the molecule is C=CCOC(=O)C(=O)CC(CO[Si](C)(C)C(C)(C)C)NC(=O)OC(C)(C)C. The van der Waals surface area contributed by atoms with E-state index in [4.69, 9.17) is 13.9 Å². The van der Waals surface area contributed by atoms with Crippen LogP contribution in [0.4, 0.5) is 4.79 Å². The zero-order valence-corrected chi connectivity index (χ0v) is 18.9. The molecule has 8 heteroatoms. The van der Waals surface area contributed by atoms with Gasteiger partial charge in [0.25, 0.3) is 0 Å². The first-order valence-electron chi connectivity index (χ1n) is 9.03. The predicted molar refractivity (Wildman–Crippen MR) is 107 cm³/mol. The second kappa shape index (κ2) is 10.0. The zero-order chi connectivity index (χ0) is 21.5. The molecule has 1 unspecified atom stereocenters. The molecule has 0 spiro atoms. The maximum absolute atomic E-state index is 12.1. The largest absolute Gasteiger partial charge is 0.456 e. The first kappa shape index (κ1) is 25.3. The van der Waals surface area contributed by atoms with E-state index in [9.17, 15) is 14.4 Å². The fourth-order valence-corrected chi connectivity index (χ4v) is 2.72. The van der Waals surface area contributed by atoms with E-state index in [-0.39, 0.29) is 24.7 Å². The molecule has 7 nitrogen and oxygen atoms in total. The molecule has 0 rings (SSSR count). The third-order valence-corrected chi connectivity index (χ3v) is 8.66. The minimum atomic E-state index is -2.10. The van der Waals surface area contributed by atoms with Crippen LogP contribution in [-0.4, -0.2) is 51.0 Å². The maximum Gasteiger partial charge on any atom is 0.407 e. The topological polar surface area (TPSA) is 90.9 Å². The molecule has 0 saturated heterocycles. The Bertz CT molecular complexity index is 545. The van der Waals surface area contributed by atoms with Crippen molar-refractivity contribution in [3.63, 3.8) is 0 Å². The van der Waals surface area contributed by atoms with Gasteiger partial charge in [-0.05, 0) is 38.9 Å². The minimum Gasteiger partial charge on any atom is -0.456 e. The quantitative estimate of drug-likeness (QED) is 0.275. The second-order valence-corrected chi connectivity index (χ2v) is 13.7. The summed E-state index contributed by atoms with van der Waals surface area (Å²) in [5.41, 5.74) is -0.679. The van der Waals surface area contributed by atoms with E-state index >= 15 is 0 Å². The van der Waals surface area contributed by atoms with Crippen molar-refractivity contribution in [2.45, 2.75) is 77.7 Å². The minimum absolute atomic E-state index is 0.0314. The fourth-order valence-electron chi connectivity index (χ4n) is 1.67. The first-order valence-corrected chi connectivity index (χ1v) is 11.9. The third kappa shape index (κ3) is 10.3. The summed E-state index contributed by atoms with van der Waals surface area (Å²) in [5.74, 6) is -1.70. The van der Waals surface area contributed by atoms with Crippen molar-refractivity contribution in [1.82, 2.24) is 5.32 Å². The van der Waals surface area contributed by atoms with E-state index in [1.165, 1.54) is 6.08 Å². The molecule has 0 heterocycles. The van der Waals surface area contributed by atoms with Crippen LogP contribution in [-0.2, 0) is 23.5 Å². The van der Waals surface area contributed by atoms with Gasteiger partial charge in [-0.1, -0.05) is 33.4 Å². The van der Waals surface area contributed by atoms with Crippen LogP contribution >= 0.6 is 0 Å². The molecule has 0 aliphatic heterocycles. The molecule has 1 amide bonds. The lowest BCUT2D eigenvalue weighted by Gasteiger charge is -2.37. The molecule has 0 aromatic carbocycles. The average molecular weight is 402 g/mol. The van der Waals surface area contributed by atoms with Crippen LogP contribution in [0.3, 0.4) is 0 Å². The van der Waals surface area contributed by atoms with E-state index < -0.39 is 37.8 Å². The van der Waals surface area contributed by atoms with E-state index in [0.29, 0.717) is 0 Å². The van der Waals surface area contributed by atoms with Gasteiger partial charge in [-0.25, -0.2) is 9.59 Å². The summed E-state index contributed by atoms with van der Waals surface area (Å²) in [4.78, 5) is 35.9. The van der Waals surface area contributed by atoms with Crippen LogP contribution in [0, 0.1) is 0 Å². The van der Waals surface area contributed by atoms with Crippen LogP contribution in [0.5, 0.6) is 0 Å². The molecule has 1 atom stereocenters. The Morgan fingerprint density at radius 1 is 1.11 bits per heavy atom. The van der Waals surface area contributed by atoms with Crippen molar-refractivity contribution < 1.29 is 28.3 Å². The summed E-state index contributed by atoms with van der Waals surface area (Å²) in [6.07, 6.45) is 0.477. The van der Waals surface area contributed by atoms with Crippen molar-refractivity contribution >= 4 is 26.2 Å². The van der Waals surface area contributed by atoms with Crippen LogP contribution in [0.2, 0.25) is 18.1 Å². The van der Waals surface area contributed by atoms with Gasteiger partial charge < -0.3 is 19.2 Å². The second-order valence-electron chi connectivity index (χ2n) is 8.93. The van der Waals surface area contributed by atoms with Crippen molar-refractivity contribution in [1.29, 1.82) is 0 Å². The van der Waals surface area contributed by atoms with Crippen molar-refractivity contribution in [2.75, 3.05) is 13.2 Å². The Morgan fingerprint density at radius 3 is 2.11 bits per heavy atom. The monoisotopic (exact) mass is 401 g/mol. The highest BCUT2D eigenvalue weighted by atomic mass is 28.4. The van der Waals surface area contributed by atoms with Gasteiger partial charge >= 0.3 is 12.1 Å². The van der Waals surface area contributed by atoms with Crippen LogP contribution in [0.15, 0.2) is 12.7 Å². The number of hydrogen-bond donors (Lipinski definition) is 1. The number of esters is 1. The normalized spacial score (nSPS) is 13.5. The molecule has 156 valence electrons. The van der Waals surface area contributed by atoms with Crippen LogP contribution in [0.25, 0.3) is 0 Å². The number of amides is 1. The van der Waals surface area contributed by atoms with Gasteiger partial charge in [0, 0.05) is 6.42 Å². The van der Waals surface area contributed by atoms with Gasteiger partial charge in [0.2, 0.25) is 5.78 Å². The summed E-state index contributed by atoms with van der Waals surface area (Å²) >= 11 is 0. The van der Waals surface area contributed by atoms with Crippen molar-refractivity contribution in [3.05, 3.63) is 12.7 Å². The molecule has 27 heavy (non-hydrogen) atoms. The van der Waals surface area contributed by atoms with E-state index in [2.05, 4.69) is 45.8 Å². The number of ether oxygens (including phenoxy) is 2. The Balaban J connectivity index is 5.10. The molecule has 0 bridgehead atoms. The number of ketones is 1. The molecular formula is C19H35NO6Si. The van der Waals surface area contributed by atoms with Crippen LogP contribution < -0.4 is 5.32 Å². The average Bonchev–Trinajstić information content (AvgIpc) is 2.47. The van der Waals surface area contributed by atoms with Gasteiger partial charge in [0.05, 0.1) is 12.6 Å². The molecule has 0 aromatic heterocycles. The standard InChI is InChI=1S/C19H35NO6Si/c1-10-11-24-16(22)15(21)12-14(20-17(23)26-18(2,3)4)13-25-27(8,9)19(5,6)7/h10,14H,1,11-13H2,2-9H3,(H,20,23). The summed E-state index contributed by atoms with van der Waals surface area (Å²) in [6.45, 7) is 19.1. The molecule has 0 radical (unpaired) electrons. The molecule has 1 N–H and O–H groups in total. The van der Waals surface area contributed by atoms with Gasteiger partial charge in [0.1, 0.15) is 12.2 Å². The molecule has 0 fully saturated rings. The number of carbonyl (C=O) groups excluding carboxylic acids is 3. The number of Topliss-reactive ketones (excluding diaryl/α,β-unsaturated/α-hetero) is 1. The molecule has 0 aliphatic rings. The third-order valence-electron chi connectivity index (χ3n) is 4.16. The van der Waals surface area contributed by atoms with Gasteiger partial charge in [-0.15, -0.1) is 0 Å². The fraction of sp³-hybridized carbons (Fsp3) is 0.737. The molecule has 0 aliphatic carbocycles. The highest BCUT2D eigenvalue weighted by Gasteiger charge is 2.38. The van der Waals surface area contributed by atoms with Gasteiger partial charge in [-0.3, -0.25) is 4.79 Å². The first-order chi connectivity index (χ1) is 12.1.